The highest BCUT2D eigenvalue weighted by molar-refractivity contribution is 5.93. The van der Waals surface area contributed by atoms with Crippen molar-refractivity contribution >= 4 is 11.8 Å². The van der Waals surface area contributed by atoms with E-state index in [1.54, 1.807) is 54.4 Å². The van der Waals surface area contributed by atoms with Gasteiger partial charge in [-0.25, -0.2) is 4.39 Å². The maximum atomic E-state index is 13.7. The van der Waals surface area contributed by atoms with Gasteiger partial charge in [0.2, 0.25) is 5.91 Å². The molecule has 0 saturated carbocycles. The summed E-state index contributed by atoms with van der Waals surface area (Å²) >= 11 is 0. The van der Waals surface area contributed by atoms with Crippen LogP contribution in [0.1, 0.15) is 28.9 Å². The molecule has 1 aliphatic heterocycles. The first-order chi connectivity index (χ1) is 15.9. The zero-order valence-corrected chi connectivity index (χ0v) is 19.0. The van der Waals surface area contributed by atoms with Crippen molar-refractivity contribution < 1.29 is 14.0 Å². The van der Waals surface area contributed by atoms with Crippen LogP contribution in [0, 0.1) is 11.2 Å². The molecule has 1 unspecified atom stereocenters. The van der Waals surface area contributed by atoms with Crippen LogP contribution in [0.5, 0.6) is 0 Å². The van der Waals surface area contributed by atoms with E-state index in [-0.39, 0.29) is 17.6 Å². The van der Waals surface area contributed by atoms with E-state index in [0.29, 0.717) is 31.6 Å². The average Bonchev–Trinajstić information content (AvgIpc) is 2.84. The predicted octanol–water partition coefficient (Wildman–Crippen LogP) is 4.44. The Bertz CT molecular complexity index is 1150. The van der Waals surface area contributed by atoms with Crippen LogP contribution >= 0.6 is 0 Å². The predicted molar refractivity (Wildman–Crippen MR) is 126 cm³/mol. The lowest BCUT2D eigenvalue weighted by atomic mass is 9.73. The summed E-state index contributed by atoms with van der Waals surface area (Å²) in [5.41, 5.74) is 2.34. The second kappa shape index (κ2) is 9.53. The van der Waals surface area contributed by atoms with Gasteiger partial charge in [0.25, 0.3) is 5.91 Å². The van der Waals surface area contributed by atoms with Crippen molar-refractivity contribution in [2.24, 2.45) is 5.41 Å². The lowest BCUT2D eigenvalue weighted by Crippen LogP contribution is -2.54. The molecule has 33 heavy (non-hydrogen) atoms. The number of hydrogen-bond donors (Lipinski definition) is 0. The molecule has 0 aliphatic carbocycles. The van der Waals surface area contributed by atoms with Crippen LogP contribution in [0.3, 0.4) is 0 Å². The fourth-order valence-corrected chi connectivity index (χ4v) is 4.74. The molecular weight excluding hydrogens is 417 g/mol. The number of halogens is 1. The molecule has 0 N–H and O–H groups in total. The molecule has 0 radical (unpaired) electrons. The molecule has 0 bridgehead atoms. The van der Waals surface area contributed by atoms with Crippen molar-refractivity contribution in [3.63, 3.8) is 0 Å². The second-order valence-corrected chi connectivity index (χ2v) is 8.91. The summed E-state index contributed by atoms with van der Waals surface area (Å²) in [6, 6.07) is 19.6. The summed E-state index contributed by atoms with van der Waals surface area (Å²) in [7, 11) is 3.51. The molecule has 2 amide bonds. The van der Waals surface area contributed by atoms with E-state index in [2.05, 4.69) is 4.98 Å². The van der Waals surface area contributed by atoms with Crippen molar-refractivity contribution in [2.75, 3.05) is 27.2 Å². The van der Waals surface area contributed by atoms with E-state index < -0.39 is 5.41 Å². The first-order valence-corrected chi connectivity index (χ1v) is 11.1. The highest BCUT2D eigenvalue weighted by Crippen LogP contribution is 2.37. The largest absolute Gasteiger partial charge is 0.348 e. The standard InChI is InChI=1S/C27H28FN3O2/c1-30(2)26(33)27(13-7-15-31(19-27)25(32)24-12-3-4-14-29-24)18-20-8-5-9-21(16-20)22-10-6-11-23(28)17-22/h3-6,8-12,14,16-17H,7,13,15,18-19H2,1-2H3. The van der Waals surface area contributed by atoms with Crippen LogP contribution in [0.25, 0.3) is 11.1 Å². The third-order valence-electron chi connectivity index (χ3n) is 6.24. The van der Waals surface area contributed by atoms with Gasteiger partial charge in [0, 0.05) is 33.4 Å². The van der Waals surface area contributed by atoms with Gasteiger partial charge in [-0.1, -0.05) is 42.5 Å². The van der Waals surface area contributed by atoms with E-state index in [9.17, 15) is 14.0 Å². The molecule has 0 spiro atoms. The van der Waals surface area contributed by atoms with Gasteiger partial charge >= 0.3 is 0 Å². The van der Waals surface area contributed by atoms with Crippen LogP contribution in [0.4, 0.5) is 4.39 Å². The Balaban J connectivity index is 1.65. The number of piperidine rings is 1. The summed E-state index contributed by atoms with van der Waals surface area (Å²) in [4.78, 5) is 34.1. The Kier molecular flexibility index (Phi) is 6.54. The topological polar surface area (TPSA) is 53.5 Å². The number of hydrogen-bond acceptors (Lipinski definition) is 3. The first kappa shape index (κ1) is 22.6. The molecule has 170 valence electrons. The lowest BCUT2D eigenvalue weighted by molar-refractivity contribution is -0.142. The summed E-state index contributed by atoms with van der Waals surface area (Å²) in [6.07, 6.45) is 3.54. The van der Waals surface area contributed by atoms with E-state index in [1.165, 1.54) is 12.1 Å². The Hall–Kier alpha value is -3.54. The molecule has 4 rings (SSSR count). The van der Waals surface area contributed by atoms with Gasteiger partial charge in [-0.15, -0.1) is 0 Å². The van der Waals surface area contributed by atoms with Gasteiger partial charge in [-0.05, 0) is 60.2 Å². The number of rotatable bonds is 5. The van der Waals surface area contributed by atoms with Gasteiger partial charge < -0.3 is 9.80 Å². The zero-order valence-electron chi connectivity index (χ0n) is 19.0. The lowest BCUT2D eigenvalue weighted by Gasteiger charge is -2.43. The van der Waals surface area contributed by atoms with E-state index in [0.717, 1.165) is 23.1 Å². The molecule has 1 atom stereocenters. The Labute approximate surface area is 193 Å². The van der Waals surface area contributed by atoms with Crippen LogP contribution < -0.4 is 0 Å². The molecule has 2 aromatic carbocycles. The number of carbonyl (C=O) groups is 2. The molecule has 3 aromatic rings. The number of benzene rings is 2. The van der Waals surface area contributed by atoms with Gasteiger partial charge in [-0.2, -0.15) is 0 Å². The second-order valence-electron chi connectivity index (χ2n) is 8.91. The SMILES string of the molecule is CN(C)C(=O)C1(Cc2cccc(-c3cccc(F)c3)c2)CCCN(C(=O)c2ccccn2)C1. The normalized spacial score (nSPS) is 18.1. The van der Waals surface area contributed by atoms with Gasteiger partial charge in [0.05, 0.1) is 5.41 Å². The van der Waals surface area contributed by atoms with Crippen LogP contribution in [-0.2, 0) is 11.2 Å². The smallest absolute Gasteiger partial charge is 0.272 e. The van der Waals surface area contributed by atoms with Crippen LogP contribution in [-0.4, -0.2) is 53.8 Å². The molecule has 1 fully saturated rings. The van der Waals surface area contributed by atoms with Crippen LogP contribution in [0.15, 0.2) is 72.9 Å². The molecule has 2 heterocycles. The van der Waals surface area contributed by atoms with E-state index in [4.69, 9.17) is 0 Å². The van der Waals surface area contributed by atoms with Gasteiger partial charge in [0.15, 0.2) is 0 Å². The monoisotopic (exact) mass is 445 g/mol. The fraction of sp³-hybridized carbons (Fsp3) is 0.296. The third-order valence-corrected chi connectivity index (χ3v) is 6.24. The number of carbonyl (C=O) groups excluding carboxylic acids is 2. The molecule has 1 saturated heterocycles. The minimum absolute atomic E-state index is 0.0113. The Morgan fingerprint density at radius 3 is 2.48 bits per heavy atom. The summed E-state index contributed by atoms with van der Waals surface area (Å²) in [5.74, 6) is -0.426. The fourth-order valence-electron chi connectivity index (χ4n) is 4.74. The number of pyridine rings is 1. The third kappa shape index (κ3) is 4.95. The van der Waals surface area contributed by atoms with Crippen molar-refractivity contribution in [3.05, 3.63) is 90.0 Å². The summed E-state index contributed by atoms with van der Waals surface area (Å²) < 4.78 is 13.7. The number of aromatic nitrogens is 1. The molecule has 5 nitrogen and oxygen atoms in total. The number of nitrogens with zero attached hydrogens (tertiary/aromatic N) is 3. The van der Waals surface area contributed by atoms with Crippen molar-refractivity contribution in [1.29, 1.82) is 0 Å². The first-order valence-electron chi connectivity index (χ1n) is 11.1. The molecule has 1 aromatic heterocycles. The highest BCUT2D eigenvalue weighted by Gasteiger charge is 2.44. The quantitative estimate of drug-likeness (QED) is 0.583. The van der Waals surface area contributed by atoms with Gasteiger partial charge in [-0.3, -0.25) is 14.6 Å². The van der Waals surface area contributed by atoms with Gasteiger partial charge in [0.1, 0.15) is 11.5 Å². The molecule has 6 heteroatoms. The Morgan fingerprint density at radius 1 is 1.03 bits per heavy atom. The maximum Gasteiger partial charge on any atom is 0.272 e. The minimum Gasteiger partial charge on any atom is -0.348 e. The molecular formula is C27H28FN3O2. The summed E-state index contributed by atoms with van der Waals surface area (Å²) in [6.45, 7) is 0.935. The van der Waals surface area contributed by atoms with Crippen LogP contribution in [0.2, 0.25) is 0 Å². The Morgan fingerprint density at radius 2 is 1.79 bits per heavy atom. The average molecular weight is 446 g/mol. The highest BCUT2D eigenvalue weighted by atomic mass is 19.1. The summed E-state index contributed by atoms with van der Waals surface area (Å²) in [5, 5.41) is 0. The number of amides is 2. The zero-order chi connectivity index (χ0) is 23.4. The minimum atomic E-state index is -0.729. The molecule has 1 aliphatic rings. The van der Waals surface area contributed by atoms with Crippen molar-refractivity contribution in [1.82, 2.24) is 14.8 Å². The maximum absolute atomic E-state index is 13.7. The van der Waals surface area contributed by atoms with E-state index >= 15 is 0 Å². The van der Waals surface area contributed by atoms with E-state index in [1.807, 2.05) is 30.3 Å². The number of likely N-dealkylation sites (tertiary alicyclic amines) is 1. The van der Waals surface area contributed by atoms with Crippen molar-refractivity contribution in [2.45, 2.75) is 19.3 Å². The van der Waals surface area contributed by atoms with Crippen molar-refractivity contribution in [3.8, 4) is 11.1 Å².